The molecule has 0 aliphatic rings. The fourth-order valence-electron chi connectivity index (χ4n) is 1.94. The van der Waals surface area contributed by atoms with Crippen LogP contribution in [0.25, 0.3) is 11.6 Å². The molecule has 2 aromatic rings. The van der Waals surface area contributed by atoms with Gasteiger partial charge < -0.3 is 4.74 Å². The van der Waals surface area contributed by atoms with Gasteiger partial charge in [0, 0.05) is 16.2 Å². The highest BCUT2D eigenvalue weighted by Crippen LogP contribution is 2.35. The third kappa shape index (κ3) is 4.16. The molecule has 0 bridgehead atoms. The van der Waals surface area contributed by atoms with Crippen LogP contribution in [0.2, 0.25) is 0 Å². The van der Waals surface area contributed by atoms with E-state index in [9.17, 15) is 18.4 Å². The fraction of sp³-hybridized carbons (Fsp3) is 0.125. The van der Waals surface area contributed by atoms with Gasteiger partial charge in [-0.1, -0.05) is 15.9 Å². The van der Waals surface area contributed by atoms with Gasteiger partial charge in [0.2, 0.25) is 0 Å². The molecule has 0 saturated heterocycles. The number of hydrogen-bond donors (Lipinski definition) is 0. The highest BCUT2D eigenvalue weighted by atomic mass is 79.9. The van der Waals surface area contributed by atoms with Crippen LogP contribution >= 0.6 is 31.9 Å². The molecule has 0 fully saturated rings. The number of aromatic nitrogens is 1. The standard InChI is InChI=1S/C16H9Br2F3N2O/c1-24-15-9(5-12(17)6-13(15)18)4-10(7-22)14-3-2-11(8-23-14)16(19,20)21/h2-6,8H,1H3/b10-4+. The van der Waals surface area contributed by atoms with Crippen LogP contribution in [0.4, 0.5) is 13.2 Å². The van der Waals surface area contributed by atoms with Gasteiger partial charge in [-0.3, -0.25) is 4.98 Å². The van der Waals surface area contributed by atoms with Gasteiger partial charge in [0.05, 0.1) is 28.4 Å². The molecule has 24 heavy (non-hydrogen) atoms. The molecule has 0 radical (unpaired) electrons. The maximum Gasteiger partial charge on any atom is 0.417 e. The molecule has 0 N–H and O–H groups in total. The Hall–Kier alpha value is -1.85. The predicted molar refractivity (Wildman–Crippen MR) is 91.1 cm³/mol. The molecule has 0 unspecified atom stereocenters. The number of halogens is 5. The Bertz CT molecular complexity index is 825. The number of methoxy groups -OCH3 is 1. The van der Waals surface area contributed by atoms with Gasteiger partial charge >= 0.3 is 6.18 Å². The van der Waals surface area contributed by atoms with Gasteiger partial charge in [-0.25, -0.2) is 0 Å². The maximum atomic E-state index is 12.6. The Morgan fingerprint density at radius 1 is 1.29 bits per heavy atom. The van der Waals surface area contributed by atoms with Crippen molar-refractivity contribution in [3.05, 3.63) is 56.2 Å². The van der Waals surface area contributed by atoms with Crippen molar-refractivity contribution in [3.8, 4) is 11.8 Å². The molecule has 0 spiro atoms. The SMILES string of the molecule is COc1c(Br)cc(Br)cc1/C=C(\C#N)c1ccc(C(F)(F)F)cn1. The molecule has 8 heteroatoms. The second-order valence-corrected chi connectivity index (χ2v) is 6.38. The topological polar surface area (TPSA) is 45.9 Å². The minimum Gasteiger partial charge on any atom is -0.495 e. The van der Waals surface area contributed by atoms with Gasteiger partial charge in [0.25, 0.3) is 0 Å². The van der Waals surface area contributed by atoms with Crippen molar-refractivity contribution in [1.82, 2.24) is 4.98 Å². The maximum absolute atomic E-state index is 12.6. The molecule has 0 saturated carbocycles. The van der Waals surface area contributed by atoms with E-state index in [1.165, 1.54) is 13.2 Å². The van der Waals surface area contributed by atoms with E-state index >= 15 is 0 Å². The molecular formula is C16H9Br2F3N2O. The lowest BCUT2D eigenvalue weighted by Crippen LogP contribution is -2.05. The molecule has 2 rings (SSSR count). The zero-order valence-corrected chi connectivity index (χ0v) is 15.3. The highest BCUT2D eigenvalue weighted by molar-refractivity contribution is 9.11. The molecule has 0 atom stereocenters. The van der Waals surface area contributed by atoms with Crippen LogP contribution < -0.4 is 4.74 Å². The van der Waals surface area contributed by atoms with E-state index in [2.05, 4.69) is 36.8 Å². The summed E-state index contributed by atoms with van der Waals surface area (Å²) in [5, 5.41) is 9.33. The largest absolute Gasteiger partial charge is 0.495 e. The lowest BCUT2D eigenvalue weighted by molar-refractivity contribution is -0.137. The fourth-order valence-corrected chi connectivity index (χ4v) is 3.36. The van der Waals surface area contributed by atoms with Crippen LogP contribution in [-0.4, -0.2) is 12.1 Å². The second kappa shape index (κ2) is 7.36. The average molecular weight is 462 g/mol. The Labute approximate surface area is 153 Å². The summed E-state index contributed by atoms with van der Waals surface area (Å²) in [5.41, 5.74) is -0.0287. The van der Waals surface area contributed by atoms with Crippen LogP contribution in [0.3, 0.4) is 0 Å². The van der Waals surface area contributed by atoms with Gasteiger partial charge in [-0.05, 0) is 46.3 Å². The first-order chi connectivity index (χ1) is 11.3. The number of ether oxygens (including phenoxy) is 1. The van der Waals surface area contributed by atoms with E-state index in [1.54, 1.807) is 12.1 Å². The summed E-state index contributed by atoms with van der Waals surface area (Å²) in [4.78, 5) is 3.74. The van der Waals surface area contributed by atoms with Crippen LogP contribution in [0.5, 0.6) is 5.75 Å². The Morgan fingerprint density at radius 2 is 2.00 bits per heavy atom. The third-order valence-electron chi connectivity index (χ3n) is 3.03. The first-order valence-corrected chi connectivity index (χ1v) is 8.03. The number of pyridine rings is 1. The normalized spacial score (nSPS) is 12.0. The van der Waals surface area contributed by atoms with E-state index in [0.717, 1.165) is 16.6 Å². The van der Waals surface area contributed by atoms with Crippen molar-refractivity contribution in [3.63, 3.8) is 0 Å². The number of nitriles is 1. The number of hydrogen-bond acceptors (Lipinski definition) is 3. The van der Waals surface area contributed by atoms with Crippen molar-refractivity contribution < 1.29 is 17.9 Å². The monoisotopic (exact) mass is 460 g/mol. The Kier molecular flexibility index (Phi) is 5.67. The van der Waals surface area contributed by atoms with E-state index < -0.39 is 11.7 Å². The summed E-state index contributed by atoms with van der Waals surface area (Å²) in [6.07, 6.45) is -2.26. The molecule has 0 aliphatic carbocycles. The summed E-state index contributed by atoms with van der Waals surface area (Å²) >= 11 is 6.69. The molecule has 124 valence electrons. The number of alkyl halides is 3. The summed E-state index contributed by atoms with van der Waals surface area (Å²) in [5.74, 6) is 0.498. The zero-order valence-electron chi connectivity index (χ0n) is 12.2. The van der Waals surface area contributed by atoms with Gasteiger partial charge in [0.15, 0.2) is 0 Å². The Balaban J connectivity index is 2.50. The molecule has 3 nitrogen and oxygen atoms in total. The minimum atomic E-state index is -4.47. The predicted octanol–water partition coefficient (Wildman–Crippen LogP) is 5.70. The summed E-state index contributed by atoms with van der Waals surface area (Å²) in [6, 6.07) is 7.50. The summed E-state index contributed by atoms with van der Waals surface area (Å²) in [7, 11) is 1.48. The van der Waals surface area contributed by atoms with Crippen molar-refractivity contribution in [2.75, 3.05) is 7.11 Å². The van der Waals surface area contributed by atoms with Crippen molar-refractivity contribution in [2.45, 2.75) is 6.18 Å². The highest BCUT2D eigenvalue weighted by Gasteiger charge is 2.30. The van der Waals surface area contributed by atoms with Crippen LogP contribution in [-0.2, 0) is 6.18 Å². The van der Waals surface area contributed by atoms with E-state index in [1.807, 2.05) is 6.07 Å². The molecule has 1 aromatic heterocycles. The average Bonchev–Trinajstić information content (AvgIpc) is 2.51. The first kappa shape index (κ1) is 18.5. The summed E-state index contributed by atoms with van der Waals surface area (Å²) in [6.45, 7) is 0. The Morgan fingerprint density at radius 3 is 2.50 bits per heavy atom. The molecular weight excluding hydrogens is 453 g/mol. The van der Waals surface area contributed by atoms with Crippen molar-refractivity contribution in [1.29, 1.82) is 5.26 Å². The number of benzene rings is 1. The van der Waals surface area contributed by atoms with Crippen molar-refractivity contribution in [2.24, 2.45) is 0 Å². The number of allylic oxidation sites excluding steroid dienone is 1. The second-order valence-electron chi connectivity index (χ2n) is 4.61. The van der Waals surface area contributed by atoms with Gasteiger partial charge in [0.1, 0.15) is 11.8 Å². The molecule has 1 heterocycles. The summed E-state index contributed by atoms with van der Waals surface area (Å²) < 4.78 is 44.5. The number of rotatable bonds is 3. The molecule has 1 aromatic carbocycles. The lowest BCUT2D eigenvalue weighted by Gasteiger charge is -2.09. The quantitative estimate of drug-likeness (QED) is 0.551. The first-order valence-electron chi connectivity index (χ1n) is 6.44. The van der Waals surface area contributed by atoms with Crippen LogP contribution in [0, 0.1) is 11.3 Å². The number of nitrogens with zero attached hydrogens (tertiary/aromatic N) is 2. The van der Waals surface area contributed by atoms with E-state index in [0.29, 0.717) is 22.0 Å². The molecule has 0 amide bonds. The minimum absolute atomic E-state index is 0.118. The van der Waals surface area contributed by atoms with E-state index in [4.69, 9.17) is 4.74 Å². The van der Waals surface area contributed by atoms with Crippen LogP contribution in [0.1, 0.15) is 16.8 Å². The smallest absolute Gasteiger partial charge is 0.417 e. The van der Waals surface area contributed by atoms with Crippen LogP contribution in [0.15, 0.2) is 39.4 Å². The van der Waals surface area contributed by atoms with Gasteiger partial charge in [-0.15, -0.1) is 0 Å². The van der Waals surface area contributed by atoms with Crippen molar-refractivity contribution >= 4 is 43.5 Å². The zero-order chi connectivity index (χ0) is 17.9. The van der Waals surface area contributed by atoms with E-state index in [-0.39, 0.29) is 11.3 Å². The third-order valence-corrected chi connectivity index (χ3v) is 4.08. The van der Waals surface area contributed by atoms with Gasteiger partial charge in [-0.2, -0.15) is 18.4 Å². The molecule has 0 aliphatic heterocycles. The lowest BCUT2D eigenvalue weighted by atomic mass is 10.1.